The Morgan fingerprint density at radius 2 is 2.21 bits per heavy atom. The molecule has 2 rings (SSSR count). The summed E-state index contributed by atoms with van der Waals surface area (Å²) in [6.07, 6.45) is 0. The second-order valence-corrected chi connectivity index (χ2v) is 5.50. The number of carbonyl (C=O) groups is 1. The fourth-order valence-corrected chi connectivity index (χ4v) is 2.55. The molecule has 0 aliphatic heterocycles. The Labute approximate surface area is 117 Å². The van der Waals surface area contributed by atoms with Crippen molar-refractivity contribution in [1.82, 2.24) is 9.88 Å². The van der Waals surface area contributed by atoms with E-state index in [2.05, 4.69) is 16.4 Å². The van der Waals surface area contributed by atoms with Crippen LogP contribution in [-0.2, 0) is 11.3 Å². The lowest BCUT2D eigenvalue weighted by Gasteiger charge is -2.15. The maximum Gasteiger partial charge on any atom is 0.239 e. The molecule has 0 fully saturated rings. The first kappa shape index (κ1) is 13.7. The third-order valence-electron chi connectivity index (χ3n) is 2.58. The molecule has 1 amide bonds. The zero-order valence-electron chi connectivity index (χ0n) is 11.1. The van der Waals surface area contributed by atoms with Gasteiger partial charge in [-0.2, -0.15) is 0 Å². The number of aromatic nitrogens is 1. The van der Waals surface area contributed by atoms with Crippen LogP contribution >= 0.6 is 11.3 Å². The van der Waals surface area contributed by atoms with Gasteiger partial charge < -0.3 is 5.32 Å². The van der Waals surface area contributed by atoms with Gasteiger partial charge in [-0.3, -0.25) is 9.69 Å². The van der Waals surface area contributed by atoms with Crippen LogP contribution < -0.4 is 5.32 Å². The summed E-state index contributed by atoms with van der Waals surface area (Å²) in [5.74, 6) is 0.562. The van der Waals surface area contributed by atoms with Crippen molar-refractivity contribution in [2.45, 2.75) is 13.5 Å². The molecule has 2 aromatic rings. The van der Waals surface area contributed by atoms with Crippen LogP contribution in [0.4, 0.5) is 5.82 Å². The van der Waals surface area contributed by atoms with Crippen molar-refractivity contribution in [3.05, 3.63) is 46.3 Å². The monoisotopic (exact) mass is 275 g/mol. The summed E-state index contributed by atoms with van der Waals surface area (Å²) in [6.45, 7) is 3.04. The molecule has 4 nitrogen and oxygen atoms in total. The van der Waals surface area contributed by atoms with Crippen LogP contribution in [0.3, 0.4) is 0 Å². The molecule has 0 aromatic carbocycles. The zero-order valence-corrected chi connectivity index (χ0v) is 11.9. The minimum Gasteiger partial charge on any atom is -0.310 e. The number of carbonyl (C=O) groups excluding carboxylic acids is 1. The average molecular weight is 275 g/mol. The molecule has 0 saturated carbocycles. The molecule has 0 unspecified atom stereocenters. The van der Waals surface area contributed by atoms with Gasteiger partial charge in [0.05, 0.1) is 6.54 Å². The van der Waals surface area contributed by atoms with E-state index in [0.29, 0.717) is 12.4 Å². The molecule has 19 heavy (non-hydrogen) atoms. The van der Waals surface area contributed by atoms with E-state index < -0.39 is 0 Å². The van der Waals surface area contributed by atoms with Gasteiger partial charge in [-0.05, 0) is 37.6 Å². The number of pyridine rings is 1. The number of thiophene rings is 1. The van der Waals surface area contributed by atoms with Gasteiger partial charge in [-0.15, -0.1) is 11.3 Å². The molecule has 2 heterocycles. The number of rotatable bonds is 5. The van der Waals surface area contributed by atoms with E-state index in [1.807, 2.05) is 42.5 Å². The first-order valence-corrected chi connectivity index (χ1v) is 6.96. The van der Waals surface area contributed by atoms with Gasteiger partial charge in [-0.1, -0.05) is 12.1 Å². The zero-order chi connectivity index (χ0) is 13.7. The van der Waals surface area contributed by atoms with Gasteiger partial charge in [0.25, 0.3) is 0 Å². The molecule has 1 N–H and O–H groups in total. The van der Waals surface area contributed by atoms with Gasteiger partial charge in [0.15, 0.2) is 0 Å². The molecule has 0 saturated heterocycles. The van der Waals surface area contributed by atoms with Crippen molar-refractivity contribution in [1.29, 1.82) is 0 Å². The van der Waals surface area contributed by atoms with E-state index in [4.69, 9.17) is 0 Å². The lowest BCUT2D eigenvalue weighted by molar-refractivity contribution is -0.117. The lowest BCUT2D eigenvalue weighted by atomic mass is 10.3. The number of amides is 1. The van der Waals surface area contributed by atoms with E-state index in [9.17, 15) is 4.79 Å². The second kappa shape index (κ2) is 6.45. The van der Waals surface area contributed by atoms with Crippen molar-refractivity contribution in [2.24, 2.45) is 0 Å². The number of hydrogen-bond acceptors (Lipinski definition) is 4. The Bertz CT molecular complexity index is 539. The minimum absolute atomic E-state index is 0.0443. The summed E-state index contributed by atoms with van der Waals surface area (Å²) in [5.41, 5.74) is 0.893. The Kier molecular flexibility index (Phi) is 4.65. The molecule has 0 aliphatic rings. The van der Waals surface area contributed by atoms with Crippen LogP contribution in [0.15, 0.2) is 35.7 Å². The van der Waals surface area contributed by atoms with Crippen LogP contribution in [-0.4, -0.2) is 29.4 Å². The molecule has 0 bridgehead atoms. The summed E-state index contributed by atoms with van der Waals surface area (Å²) in [4.78, 5) is 19.4. The molecule has 0 radical (unpaired) electrons. The van der Waals surface area contributed by atoms with Gasteiger partial charge in [0, 0.05) is 17.1 Å². The fourth-order valence-electron chi connectivity index (χ4n) is 1.76. The largest absolute Gasteiger partial charge is 0.310 e. The highest BCUT2D eigenvalue weighted by Gasteiger charge is 2.08. The van der Waals surface area contributed by atoms with Crippen molar-refractivity contribution >= 4 is 23.1 Å². The summed E-state index contributed by atoms with van der Waals surface area (Å²) in [5, 5.41) is 4.85. The highest BCUT2D eigenvalue weighted by molar-refractivity contribution is 7.09. The average Bonchev–Trinajstić information content (AvgIpc) is 2.81. The highest BCUT2D eigenvalue weighted by atomic mass is 32.1. The molecule has 0 spiro atoms. The van der Waals surface area contributed by atoms with Crippen molar-refractivity contribution in [3.63, 3.8) is 0 Å². The molecular formula is C14H17N3OS. The summed E-state index contributed by atoms with van der Waals surface area (Å²) >= 11 is 1.70. The van der Waals surface area contributed by atoms with E-state index in [1.54, 1.807) is 17.4 Å². The predicted octanol–water partition coefficient (Wildman–Crippen LogP) is 2.52. The topological polar surface area (TPSA) is 45.2 Å². The van der Waals surface area contributed by atoms with Crippen molar-refractivity contribution < 1.29 is 4.79 Å². The normalized spacial score (nSPS) is 10.7. The number of nitrogens with one attached hydrogen (secondary N) is 1. The van der Waals surface area contributed by atoms with Crippen LogP contribution in [0.5, 0.6) is 0 Å². The first-order chi connectivity index (χ1) is 9.13. The number of aryl methyl sites for hydroxylation is 1. The van der Waals surface area contributed by atoms with Crippen molar-refractivity contribution in [2.75, 3.05) is 18.9 Å². The van der Waals surface area contributed by atoms with Crippen molar-refractivity contribution in [3.8, 4) is 0 Å². The minimum atomic E-state index is -0.0443. The quantitative estimate of drug-likeness (QED) is 0.912. The SMILES string of the molecule is Cc1cccc(NC(=O)CN(C)Cc2cccs2)n1. The van der Waals surface area contributed by atoms with Gasteiger partial charge in [0.2, 0.25) is 5.91 Å². The van der Waals surface area contributed by atoms with E-state index in [0.717, 1.165) is 12.2 Å². The lowest BCUT2D eigenvalue weighted by Crippen LogP contribution is -2.29. The molecule has 100 valence electrons. The summed E-state index contributed by atoms with van der Waals surface area (Å²) < 4.78 is 0. The smallest absolute Gasteiger partial charge is 0.239 e. The van der Waals surface area contributed by atoms with E-state index in [-0.39, 0.29) is 5.91 Å². The number of hydrogen-bond donors (Lipinski definition) is 1. The summed E-state index contributed by atoms with van der Waals surface area (Å²) in [6, 6.07) is 9.67. The van der Waals surface area contributed by atoms with E-state index in [1.165, 1.54) is 4.88 Å². The molecular weight excluding hydrogens is 258 g/mol. The maximum absolute atomic E-state index is 11.9. The van der Waals surface area contributed by atoms with Crippen LogP contribution in [0.2, 0.25) is 0 Å². The molecule has 2 aromatic heterocycles. The van der Waals surface area contributed by atoms with Crippen LogP contribution in [0.25, 0.3) is 0 Å². The van der Waals surface area contributed by atoms with Gasteiger partial charge >= 0.3 is 0 Å². The van der Waals surface area contributed by atoms with E-state index >= 15 is 0 Å². The van der Waals surface area contributed by atoms with Gasteiger partial charge in [0.1, 0.15) is 5.82 Å². The standard InChI is InChI=1S/C14H17N3OS/c1-11-5-3-7-13(15-11)16-14(18)10-17(2)9-12-6-4-8-19-12/h3-8H,9-10H2,1-2H3,(H,15,16,18). The van der Waals surface area contributed by atoms with Gasteiger partial charge in [-0.25, -0.2) is 4.98 Å². The maximum atomic E-state index is 11.9. The second-order valence-electron chi connectivity index (χ2n) is 4.46. The Morgan fingerprint density at radius 1 is 1.37 bits per heavy atom. The van der Waals surface area contributed by atoms with Crippen LogP contribution in [0, 0.1) is 6.92 Å². The highest BCUT2D eigenvalue weighted by Crippen LogP contribution is 2.10. The molecule has 0 atom stereocenters. The first-order valence-electron chi connectivity index (χ1n) is 6.08. The summed E-state index contributed by atoms with van der Waals surface area (Å²) in [7, 11) is 1.93. The predicted molar refractivity (Wildman–Crippen MR) is 78.3 cm³/mol. The Hall–Kier alpha value is -1.72. The third kappa shape index (κ3) is 4.46. The Balaban J connectivity index is 1.84. The van der Waals surface area contributed by atoms with Crippen LogP contribution in [0.1, 0.15) is 10.6 Å². The molecule has 0 aliphatic carbocycles. The Morgan fingerprint density at radius 3 is 2.89 bits per heavy atom. The third-order valence-corrected chi connectivity index (χ3v) is 3.44. The molecule has 5 heteroatoms. The number of anilines is 1. The number of likely N-dealkylation sites (N-methyl/N-ethyl adjacent to an activating group) is 1. The number of nitrogens with zero attached hydrogens (tertiary/aromatic N) is 2. The fraction of sp³-hybridized carbons (Fsp3) is 0.286.